The number of allylic oxidation sites excluding steroid dienone is 1. The summed E-state index contributed by atoms with van der Waals surface area (Å²) in [5.41, 5.74) is 2.89. The molecule has 0 fully saturated rings. The van der Waals surface area contributed by atoms with Gasteiger partial charge in [-0.3, -0.25) is 4.79 Å². The van der Waals surface area contributed by atoms with Crippen LogP contribution in [0.5, 0.6) is 0 Å². The predicted octanol–water partition coefficient (Wildman–Crippen LogP) is 4.47. The van der Waals surface area contributed by atoms with E-state index in [1.54, 1.807) is 0 Å². The molecule has 1 heterocycles. The van der Waals surface area contributed by atoms with Crippen LogP contribution in [0.4, 0.5) is 5.69 Å². The summed E-state index contributed by atoms with van der Waals surface area (Å²) in [6.07, 6.45) is 1.80. The quantitative estimate of drug-likeness (QED) is 0.867. The molecule has 1 aromatic rings. The summed E-state index contributed by atoms with van der Waals surface area (Å²) in [4.78, 5) is 12.4. The third-order valence-electron chi connectivity index (χ3n) is 3.93. The lowest BCUT2D eigenvalue weighted by molar-refractivity contribution is -0.113. The molecule has 1 atom stereocenters. The molecule has 0 spiro atoms. The van der Waals surface area contributed by atoms with Gasteiger partial charge >= 0.3 is 0 Å². The topological polar surface area (TPSA) is 38.3 Å². The van der Waals surface area contributed by atoms with Crippen LogP contribution in [0.15, 0.2) is 35.6 Å². The molecule has 21 heavy (non-hydrogen) atoms. The van der Waals surface area contributed by atoms with Gasteiger partial charge in [-0.05, 0) is 36.8 Å². The molecule has 1 N–H and O–H groups in total. The van der Waals surface area contributed by atoms with Crippen LogP contribution in [0.3, 0.4) is 0 Å². The first-order chi connectivity index (χ1) is 9.99. The lowest BCUT2D eigenvalue weighted by Crippen LogP contribution is -2.16. The number of rotatable bonds is 5. The van der Waals surface area contributed by atoms with Crippen molar-refractivity contribution in [3.63, 3.8) is 0 Å². The molecule has 3 nitrogen and oxygen atoms in total. The van der Waals surface area contributed by atoms with E-state index >= 15 is 0 Å². The fourth-order valence-corrected chi connectivity index (χ4v) is 2.92. The number of para-hydroxylation sites is 1. The minimum atomic E-state index is -0.0332. The minimum absolute atomic E-state index is 0.0332. The predicted molar refractivity (Wildman–Crippen MR) is 86.2 cm³/mol. The number of hydrogen-bond donors (Lipinski definition) is 1. The summed E-state index contributed by atoms with van der Waals surface area (Å²) in [7, 11) is 0. The third-order valence-corrected chi connectivity index (χ3v) is 3.93. The summed E-state index contributed by atoms with van der Waals surface area (Å²) in [5, 5.41) is 3.06. The Morgan fingerprint density at radius 2 is 2.00 bits per heavy atom. The number of anilines is 1. The molecule has 1 amide bonds. The van der Waals surface area contributed by atoms with Crippen molar-refractivity contribution in [3.05, 3.63) is 41.2 Å². The number of carbonyl (C=O) groups is 1. The fourth-order valence-electron chi connectivity index (χ4n) is 2.92. The lowest BCUT2D eigenvalue weighted by Gasteiger charge is -2.19. The SMILES string of the molecule is CC1=C(C(=O)Nc2ccccc2C(C)CC(C)C)CCO1. The van der Waals surface area contributed by atoms with Gasteiger partial charge in [0.2, 0.25) is 0 Å². The summed E-state index contributed by atoms with van der Waals surface area (Å²) in [6, 6.07) is 8.09. The van der Waals surface area contributed by atoms with E-state index in [1.165, 1.54) is 5.56 Å². The van der Waals surface area contributed by atoms with Crippen LogP contribution >= 0.6 is 0 Å². The standard InChI is InChI=1S/C18H25NO2/c1-12(2)11-13(3)15-7-5-6-8-17(15)19-18(20)16-9-10-21-14(16)4/h5-8,12-13H,9-11H2,1-4H3,(H,19,20). The van der Waals surface area contributed by atoms with Gasteiger partial charge in [0.25, 0.3) is 5.91 Å². The Kier molecular flexibility index (Phi) is 5.05. The summed E-state index contributed by atoms with van der Waals surface area (Å²) in [6.45, 7) is 9.13. The third kappa shape index (κ3) is 3.87. The molecule has 2 rings (SSSR count). The smallest absolute Gasteiger partial charge is 0.255 e. The zero-order valence-corrected chi connectivity index (χ0v) is 13.4. The molecule has 0 aromatic heterocycles. The highest BCUT2D eigenvalue weighted by molar-refractivity contribution is 6.04. The number of nitrogens with one attached hydrogen (secondary N) is 1. The molecule has 1 unspecified atom stereocenters. The van der Waals surface area contributed by atoms with E-state index in [4.69, 9.17) is 4.74 Å². The maximum atomic E-state index is 12.4. The molecule has 0 radical (unpaired) electrons. The first-order valence-corrected chi connectivity index (χ1v) is 7.72. The van der Waals surface area contributed by atoms with Gasteiger partial charge in [0, 0.05) is 12.1 Å². The van der Waals surface area contributed by atoms with Crippen molar-refractivity contribution in [2.45, 2.75) is 46.5 Å². The molecule has 1 aliphatic heterocycles. The molecule has 0 bridgehead atoms. The maximum absolute atomic E-state index is 12.4. The highest BCUT2D eigenvalue weighted by Crippen LogP contribution is 2.30. The highest BCUT2D eigenvalue weighted by atomic mass is 16.5. The van der Waals surface area contributed by atoms with E-state index in [9.17, 15) is 4.79 Å². The Bertz CT molecular complexity index is 546. The van der Waals surface area contributed by atoms with Gasteiger partial charge in [0.15, 0.2) is 0 Å². The van der Waals surface area contributed by atoms with Crippen molar-refractivity contribution >= 4 is 11.6 Å². The van der Waals surface area contributed by atoms with Gasteiger partial charge in [-0.25, -0.2) is 0 Å². The van der Waals surface area contributed by atoms with Gasteiger partial charge in [0.1, 0.15) is 5.76 Å². The first kappa shape index (κ1) is 15.6. The van der Waals surface area contributed by atoms with Gasteiger partial charge in [0.05, 0.1) is 12.2 Å². The van der Waals surface area contributed by atoms with Crippen LogP contribution in [0.2, 0.25) is 0 Å². The van der Waals surface area contributed by atoms with Crippen LogP contribution in [0.25, 0.3) is 0 Å². The van der Waals surface area contributed by atoms with E-state index in [0.717, 1.165) is 23.4 Å². The van der Waals surface area contributed by atoms with Gasteiger partial charge < -0.3 is 10.1 Å². The van der Waals surface area contributed by atoms with Crippen LogP contribution in [0.1, 0.15) is 52.0 Å². The van der Waals surface area contributed by atoms with Crippen molar-refractivity contribution in [1.82, 2.24) is 0 Å². The molecule has 1 aliphatic rings. The van der Waals surface area contributed by atoms with E-state index < -0.39 is 0 Å². The normalized spacial score (nSPS) is 16.0. The zero-order chi connectivity index (χ0) is 15.4. The number of amides is 1. The van der Waals surface area contributed by atoms with E-state index in [1.807, 2.05) is 25.1 Å². The monoisotopic (exact) mass is 287 g/mol. The molecular formula is C18H25NO2. The van der Waals surface area contributed by atoms with E-state index in [-0.39, 0.29) is 5.91 Å². The van der Waals surface area contributed by atoms with Crippen molar-refractivity contribution in [1.29, 1.82) is 0 Å². The Balaban J connectivity index is 2.17. The maximum Gasteiger partial charge on any atom is 0.255 e. The number of carbonyl (C=O) groups excluding carboxylic acids is 1. The molecular weight excluding hydrogens is 262 g/mol. The lowest BCUT2D eigenvalue weighted by atomic mass is 9.91. The first-order valence-electron chi connectivity index (χ1n) is 7.72. The van der Waals surface area contributed by atoms with Crippen LogP contribution in [-0.2, 0) is 9.53 Å². The molecule has 0 saturated heterocycles. The Morgan fingerprint density at radius 1 is 1.29 bits per heavy atom. The summed E-state index contributed by atoms with van der Waals surface area (Å²) >= 11 is 0. The Hall–Kier alpha value is -1.77. The van der Waals surface area contributed by atoms with Crippen molar-refractivity contribution < 1.29 is 9.53 Å². The van der Waals surface area contributed by atoms with Crippen LogP contribution in [0, 0.1) is 5.92 Å². The number of ether oxygens (including phenoxy) is 1. The van der Waals surface area contributed by atoms with Crippen molar-refractivity contribution in [2.75, 3.05) is 11.9 Å². The average molecular weight is 287 g/mol. The molecule has 0 saturated carbocycles. The molecule has 3 heteroatoms. The van der Waals surface area contributed by atoms with E-state index in [2.05, 4.69) is 32.2 Å². The molecule has 114 valence electrons. The molecule has 1 aromatic carbocycles. The second-order valence-electron chi connectivity index (χ2n) is 6.21. The average Bonchev–Trinajstić information content (AvgIpc) is 2.84. The van der Waals surface area contributed by atoms with Gasteiger partial charge in [-0.2, -0.15) is 0 Å². The Labute approximate surface area is 127 Å². The van der Waals surface area contributed by atoms with Crippen LogP contribution in [-0.4, -0.2) is 12.5 Å². The largest absolute Gasteiger partial charge is 0.497 e. The second-order valence-corrected chi connectivity index (χ2v) is 6.21. The van der Waals surface area contributed by atoms with Gasteiger partial charge in [-0.15, -0.1) is 0 Å². The fraction of sp³-hybridized carbons (Fsp3) is 0.500. The van der Waals surface area contributed by atoms with Crippen LogP contribution < -0.4 is 5.32 Å². The minimum Gasteiger partial charge on any atom is -0.497 e. The van der Waals surface area contributed by atoms with E-state index in [0.29, 0.717) is 24.9 Å². The van der Waals surface area contributed by atoms with Crippen molar-refractivity contribution in [2.24, 2.45) is 5.92 Å². The van der Waals surface area contributed by atoms with Crippen molar-refractivity contribution in [3.8, 4) is 0 Å². The number of hydrogen-bond acceptors (Lipinski definition) is 2. The zero-order valence-electron chi connectivity index (χ0n) is 13.4. The summed E-state index contributed by atoms with van der Waals surface area (Å²) < 4.78 is 5.37. The summed E-state index contributed by atoms with van der Waals surface area (Å²) in [5.74, 6) is 1.78. The molecule has 0 aliphatic carbocycles. The number of benzene rings is 1. The Morgan fingerprint density at radius 3 is 2.62 bits per heavy atom. The second kappa shape index (κ2) is 6.79. The highest BCUT2D eigenvalue weighted by Gasteiger charge is 2.21. The van der Waals surface area contributed by atoms with Gasteiger partial charge in [-0.1, -0.05) is 39.0 Å².